The second-order valence-electron chi connectivity index (χ2n) is 8.81. The SMILES string of the molecule is COc1ccc2ncc(OCC3CCC(NCc4ccc5c(c4)NC(=O)CO5)CC3)cc2c1. The Kier molecular flexibility index (Phi) is 6.30. The number of aromatic nitrogens is 1. The number of pyridine rings is 1. The lowest BCUT2D eigenvalue weighted by molar-refractivity contribution is -0.118. The van der Waals surface area contributed by atoms with Gasteiger partial charge in [0.1, 0.15) is 17.2 Å². The Morgan fingerprint density at radius 1 is 1.09 bits per heavy atom. The second kappa shape index (κ2) is 9.67. The van der Waals surface area contributed by atoms with E-state index in [1.54, 1.807) is 13.3 Å². The molecule has 1 saturated carbocycles. The Morgan fingerprint density at radius 3 is 2.79 bits per heavy atom. The van der Waals surface area contributed by atoms with Crippen LogP contribution >= 0.6 is 0 Å². The van der Waals surface area contributed by atoms with E-state index in [2.05, 4.69) is 21.7 Å². The molecule has 33 heavy (non-hydrogen) atoms. The highest BCUT2D eigenvalue weighted by Crippen LogP contribution is 2.30. The third-order valence-electron chi connectivity index (χ3n) is 6.47. The van der Waals surface area contributed by atoms with Crippen LogP contribution in [0.1, 0.15) is 31.2 Å². The fourth-order valence-electron chi connectivity index (χ4n) is 4.55. The number of nitrogens with one attached hydrogen (secondary N) is 2. The van der Waals surface area contributed by atoms with Gasteiger partial charge in [-0.25, -0.2) is 0 Å². The van der Waals surface area contributed by atoms with E-state index in [0.29, 0.717) is 18.6 Å². The number of hydrogen-bond acceptors (Lipinski definition) is 6. The van der Waals surface area contributed by atoms with Gasteiger partial charge in [0.15, 0.2) is 6.61 Å². The van der Waals surface area contributed by atoms with Gasteiger partial charge in [-0.05, 0) is 73.6 Å². The summed E-state index contributed by atoms with van der Waals surface area (Å²) in [5.74, 6) is 2.81. The van der Waals surface area contributed by atoms with Crippen LogP contribution in [0.5, 0.6) is 17.2 Å². The van der Waals surface area contributed by atoms with Crippen molar-refractivity contribution in [2.75, 3.05) is 25.6 Å². The third-order valence-corrected chi connectivity index (χ3v) is 6.47. The Labute approximate surface area is 193 Å². The lowest BCUT2D eigenvalue weighted by Crippen LogP contribution is -2.34. The first-order valence-corrected chi connectivity index (χ1v) is 11.5. The Bertz CT molecular complexity index is 1140. The van der Waals surface area contributed by atoms with Gasteiger partial charge in [-0.15, -0.1) is 0 Å². The fraction of sp³-hybridized carbons (Fsp3) is 0.385. The standard InChI is InChI=1S/C26H29N3O4/c1-31-21-7-8-23-19(11-21)12-22(14-28-23)32-15-17-2-5-20(6-3-17)27-13-18-4-9-25-24(10-18)29-26(30)16-33-25/h4,7-12,14,17,20,27H,2-3,5-6,13,15-16H2,1H3,(H,29,30). The minimum atomic E-state index is -0.104. The molecule has 5 rings (SSSR count). The summed E-state index contributed by atoms with van der Waals surface area (Å²) in [7, 11) is 1.67. The van der Waals surface area contributed by atoms with Crippen molar-refractivity contribution in [3.8, 4) is 17.2 Å². The lowest BCUT2D eigenvalue weighted by Gasteiger charge is -2.29. The zero-order valence-electron chi connectivity index (χ0n) is 18.8. The number of carbonyl (C=O) groups excluding carboxylic acids is 1. The number of carbonyl (C=O) groups is 1. The van der Waals surface area contributed by atoms with Gasteiger partial charge in [0, 0.05) is 18.0 Å². The summed E-state index contributed by atoms with van der Waals surface area (Å²) in [4.78, 5) is 16.0. The molecule has 2 N–H and O–H groups in total. The van der Waals surface area contributed by atoms with E-state index in [9.17, 15) is 4.79 Å². The van der Waals surface area contributed by atoms with E-state index >= 15 is 0 Å². The second-order valence-corrected chi connectivity index (χ2v) is 8.81. The van der Waals surface area contributed by atoms with Crippen molar-refractivity contribution in [3.63, 3.8) is 0 Å². The quantitative estimate of drug-likeness (QED) is 0.562. The number of hydrogen-bond donors (Lipinski definition) is 2. The number of anilines is 1. The van der Waals surface area contributed by atoms with E-state index in [-0.39, 0.29) is 12.5 Å². The molecule has 1 aromatic heterocycles. The molecule has 1 fully saturated rings. The first-order chi connectivity index (χ1) is 16.2. The molecule has 0 radical (unpaired) electrons. The van der Waals surface area contributed by atoms with Crippen molar-refractivity contribution in [2.45, 2.75) is 38.3 Å². The van der Waals surface area contributed by atoms with E-state index < -0.39 is 0 Å². The molecule has 0 unspecified atom stereocenters. The summed E-state index contributed by atoms with van der Waals surface area (Å²) < 4.78 is 16.8. The molecule has 0 bridgehead atoms. The molecular weight excluding hydrogens is 418 g/mol. The predicted molar refractivity (Wildman–Crippen MR) is 127 cm³/mol. The van der Waals surface area contributed by atoms with Crippen LogP contribution in [0.15, 0.2) is 48.7 Å². The van der Waals surface area contributed by atoms with Gasteiger partial charge in [-0.3, -0.25) is 9.78 Å². The smallest absolute Gasteiger partial charge is 0.262 e. The zero-order chi connectivity index (χ0) is 22.6. The van der Waals surface area contributed by atoms with Crippen LogP contribution < -0.4 is 24.8 Å². The number of ether oxygens (including phenoxy) is 3. The van der Waals surface area contributed by atoms with Crippen LogP contribution in [0.3, 0.4) is 0 Å². The number of amides is 1. The topological polar surface area (TPSA) is 81.7 Å². The third kappa shape index (κ3) is 5.20. The van der Waals surface area contributed by atoms with Crippen molar-refractivity contribution in [2.24, 2.45) is 5.92 Å². The highest BCUT2D eigenvalue weighted by Gasteiger charge is 2.22. The van der Waals surface area contributed by atoms with Gasteiger partial charge >= 0.3 is 0 Å². The summed E-state index contributed by atoms with van der Waals surface area (Å²) >= 11 is 0. The Balaban J connectivity index is 1.08. The molecule has 0 saturated heterocycles. The van der Waals surface area contributed by atoms with E-state index in [4.69, 9.17) is 14.2 Å². The van der Waals surface area contributed by atoms with Gasteiger partial charge in [0.05, 0.1) is 31.1 Å². The normalized spacial score (nSPS) is 20.0. The number of rotatable bonds is 7. The number of methoxy groups -OCH3 is 1. The highest BCUT2D eigenvalue weighted by molar-refractivity contribution is 5.95. The maximum absolute atomic E-state index is 11.5. The number of benzene rings is 2. The molecule has 7 heteroatoms. The molecule has 2 aromatic carbocycles. The fourth-order valence-corrected chi connectivity index (χ4v) is 4.55. The maximum atomic E-state index is 11.5. The molecule has 172 valence electrons. The van der Waals surface area contributed by atoms with Crippen LogP contribution in [0, 0.1) is 5.92 Å². The largest absolute Gasteiger partial charge is 0.497 e. The molecule has 2 heterocycles. The predicted octanol–water partition coefficient (Wildman–Crippen LogP) is 4.30. The van der Waals surface area contributed by atoms with Crippen LogP contribution in [0.25, 0.3) is 10.9 Å². The molecule has 1 aliphatic heterocycles. The highest BCUT2D eigenvalue weighted by atomic mass is 16.5. The lowest BCUT2D eigenvalue weighted by atomic mass is 9.86. The minimum absolute atomic E-state index is 0.0870. The van der Waals surface area contributed by atoms with Gasteiger partial charge in [0.25, 0.3) is 5.91 Å². The summed E-state index contributed by atoms with van der Waals surface area (Å²) in [6.07, 6.45) is 6.34. The molecule has 0 atom stereocenters. The average Bonchev–Trinajstić information content (AvgIpc) is 2.86. The van der Waals surface area contributed by atoms with Crippen molar-refractivity contribution >= 4 is 22.5 Å². The molecule has 1 aliphatic carbocycles. The minimum Gasteiger partial charge on any atom is -0.497 e. The first kappa shape index (κ1) is 21.5. The van der Waals surface area contributed by atoms with Crippen LogP contribution in [0.4, 0.5) is 5.69 Å². The van der Waals surface area contributed by atoms with Crippen LogP contribution in [-0.2, 0) is 11.3 Å². The van der Waals surface area contributed by atoms with E-state index in [1.165, 1.54) is 0 Å². The first-order valence-electron chi connectivity index (χ1n) is 11.5. The Hall–Kier alpha value is -3.32. The van der Waals surface area contributed by atoms with E-state index in [0.717, 1.165) is 71.6 Å². The summed E-state index contributed by atoms with van der Waals surface area (Å²) in [5.41, 5.74) is 2.84. The molecule has 3 aromatic rings. The molecule has 7 nitrogen and oxygen atoms in total. The van der Waals surface area contributed by atoms with Crippen molar-refractivity contribution in [1.29, 1.82) is 0 Å². The van der Waals surface area contributed by atoms with Gasteiger partial charge in [-0.1, -0.05) is 6.07 Å². The van der Waals surface area contributed by atoms with Crippen molar-refractivity contribution in [1.82, 2.24) is 10.3 Å². The summed E-state index contributed by atoms with van der Waals surface area (Å²) in [6, 6.07) is 14.4. The summed E-state index contributed by atoms with van der Waals surface area (Å²) in [6.45, 7) is 1.58. The summed E-state index contributed by atoms with van der Waals surface area (Å²) in [5, 5.41) is 7.56. The van der Waals surface area contributed by atoms with Gasteiger partial charge < -0.3 is 24.8 Å². The van der Waals surface area contributed by atoms with Crippen molar-refractivity contribution < 1.29 is 19.0 Å². The molecule has 0 spiro atoms. The van der Waals surface area contributed by atoms with E-state index in [1.807, 2.05) is 36.4 Å². The zero-order valence-corrected chi connectivity index (χ0v) is 18.8. The van der Waals surface area contributed by atoms with Crippen LogP contribution in [-0.4, -0.2) is 37.3 Å². The van der Waals surface area contributed by atoms with Crippen molar-refractivity contribution in [3.05, 3.63) is 54.2 Å². The number of nitrogens with zero attached hydrogens (tertiary/aromatic N) is 1. The molecule has 2 aliphatic rings. The van der Waals surface area contributed by atoms with Gasteiger partial charge in [-0.2, -0.15) is 0 Å². The molecular formula is C26H29N3O4. The molecule has 1 amide bonds. The monoisotopic (exact) mass is 447 g/mol. The average molecular weight is 448 g/mol. The Morgan fingerprint density at radius 2 is 1.94 bits per heavy atom. The van der Waals surface area contributed by atoms with Gasteiger partial charge in [0.2, 0.25) is 0 Å². The maximum Gasteiger partial charge on any atom is 0.262 e. The van der Waals surface area contributed by atoms with Crippen LogP contribution in [0.2, 0.25) is 0 Å². The number of fused-ring (bicyclic) bond motifs is 2.